The molecule has 0 saturated heterocycles. The molecule has 0 atom stereocenters. The summed E-state index contributed by atoms with van der Waals surface area (Å²) in [5.74, 6) is 0. The Morgan fingerprint density at radius 1 is 1.00 bits per heavy atom. The molecule has 31 heavy (non-hydrogen) atoms. The Hall–Kier alpha value is -3.06. The predicted octanol–water partition coefficient (Wildman–Crippen LogP) is 5.94. The van der Waals surface area contributed by atoms with Gasteiger partial charge in [-0.15, -0.1) is 11.3 Å². The van der Waals surface area contributed by atoms with Crippen LogP contribution < -0.4 is 0 Å². The van der Waals surface area contributed by atoms with Crippen LogP contribution in [-0.4, -0.2) is 27.9 Å². The molecular weight excluding hydrogens is 413 g/mol. The third-order valence-electron chi connectivity index (χ3n) is 6.26. The molecule has 0 N–H and O–H groups in total. The number of rotatable bonds is 3. The Kier molecular flexibility index (Phi) is 4.31. The fraction of sp³-hybridized carbons (Fsp3) is 0.167. The Bertz CT molecular complexity index is 1360. The number of aromatic nitrogens is 1. The van der Waals surface area contributed by atoms with Crippen LogP contribution in [0, 0.1) is 13.8 Å². The highest BCUT2D eigenvalue weighted by atomic mass is 32.1. The summed E-state index contributed by atoms with van der Waals surface area (Å²) >= 11 is 1.33. The second-order valence-electron chi connectivity index (χ2n) is 8.14. The van der Waals surface area contributed by atoms with E-state index in [4.69, 9.17) is 0 Å². The second-order valence-corrected chi connectivity index (χ2v) is 9.26. The van der Waals surface area contributed by atoms with Gasteiger partial charge in [-0.2, -0.15) is 0 Å². The normalized spacial score (nSPS) is 17.4. The summed E-state index contributed by atoms with van der Waals surface area (Å²) in [6, 6.07) is 15.2. The predicted molar refractivity (Wildman–Crippen MR) is 123 cm³/mol. The van der Waals surface area contributed by atoms with Crippen molar-refractivity contribution in [1.29, 1.82) is 0 Å². The van der Waals surface area contributed by atoms with Crippen molar-refractivity contribution < 1.29 is 17.9 Å². The van der Waals surface area contributed by atoms with E-state index in [0.29, 0.717) is 27.7 Å². The van der Waals surface area contributed by atoms with Gasteiger partial charge in [-0.3, -0.25) is 4.79 Å². The molecule has 0 bridgehead atoms. The lowest BCUT2D eigenvalue weighted by Crippen LogP contribution is -2.51. The summed E-state index contributed by atoms with van der Waals surface area (Å²) in [5.41, 5.74) is 6.34. The molecule has 4 heterocycles. The molecule has 0 unspecified atom stereocenters. The number of allylic oxidation sites excluding steroid dienone is 2. The smallest absolute Gasteiger partial charge is 0.393 e. The molecule has 0 amide bonds. The van der Waals surface area contributed by atoms with Gasteiger partial charge < -0.3 is 17.6 Å². The van der Waals surface area contributed by atoms with Crippen LogP contribution in [0.1, 0.15) is 50.9 Å². The zero-order valence-electron chi connectivity index (χ0n) is 17.7. The Balaban J connectivity index is 1.93. The number of thiophene rings is 1. The highest BCUT2D eigenvalue weighted by Gasteiger charge is 2.56. The topological polar surface area (TPSA) is 25.0 Å². The second kappa shape index (κ2) is 6.72. The SMILES string of the molecule is CC1=C(c2ccc(C=O)s2)C(C)=[N+]2C1=C(c1ccccc1)c1c(C)cc(C)n1[B-]2(F)F. The van der Waals surface area contributed by atoms with E-state index in [1.807, 2.05) is 56.3 Å². The first-order chi connectivity index (χ1) is 14.8. The molecule has 3 nitrogen and oxygen atoms in total. The molecule has 1 aromatic carbocycles. The zero-order valence-corrected chi connectivity index (χ0v) is 18.6. The van der Waals surface area contributed by atoms with Crippen LogP contribution in [0.25, 0.3) is 11.1 Å². The van der Waals surface area contributed by atoms with E-state index in [2.05, 4.69) is 0 Å². The van der Waals surface area contributed by atoms with E-state index < -0.39 is 6.97 Å². The first-order valence-corrected chi connectivity index (χ1v) is 11.0. The van der Waals surface area contributed by atoms with Gasteiger partial charge in [0.2, 0.25) is 0 Å². The first kappa shape index (κ1) is 19.9. The van der Waals surface area contributed by atoms with E-state index in [0.717, 1.165) is 39.0 Å². The Morgan fingerprint density at radius 3 is 2.35 bits per heavy atom. The Labute approximate surface area is 183 Å². The van der Waals surface area contributed by atoms with Gasteiger partial charge in [0.1, 0.15) is 5.71 Å². The number of fused-ring (bicyclic) bond motifs is 2. The largest absolute Gasteiger partial charge is 0.737 e. The van der Waals surface area contributed by atoms with Gasteiger partial charge in [-0.1, -0.05) is 30.3 Å². The van der Waals surface area contributed by atoms with Crippen LogP contribution >= 0.6 is 11.3 Å². The maximum atomic E-state index is 16.1. The summed E-state index contributed by atoms with van der Waals surface area (Å²) in [7, 11) is 0. The highest BCUT2D eigenvalue weighted by Crippen LogP contribution is 2.47. The molecule has 0 saturated carbocycles. The molecular formula is C24H21BF2N2OS. The van der Waals surface area contributed by atoms with E-state index in [1.165, 1.54) is 20.3 Å². The summed E-state index contributed by atoms with van der Waals surface area (Å²) in [6.07, 6.45) is 0.799. The standard InChI is InChI=1S/C24H21BF2N2OS/c1-14-12-15(2)28-23(14)22(18-8-6-5-7-9-18)24-16(3)21(17(4)29(24)25(28,26)27)20-11-10-19(13-30)31-20/h5-13H,1-4H3. The monoisotopic (exact) mass is 434 g/mol. The van der Waals surface area contributed by atoms with Crippen LogP contribution in [0.15, 0.2) is 59.8 Å². The van der Waals surface area contributed by atoms with Crippen molar-refractivity contribution in [2.75, 3.05) is 0 Å². The lowest BCUT2D eigenvalue weighted by atomic mass is 9.84. The maximum absolute atomic E-state index is 16.1. The molecule has 156 valence electrons. The molecule has 0 spiro atoms. The summed E-state index contributed by atoms with van der Waals surface area (Å²) in [6.45, 7) is 3.22. The van der Waals surface area contributed by atoms with Gasteiger partial charge in [-0.05, 0) is 55.8 Å². The van der Waals surface area contributed by atoms with Crippen molar-refractivity contribution in [2.45, 2.75) is 27.7 Å². The van der Waals surface area contributed by atoms with E-state index in [1.54, 1.807) is 19.9 Å². The number of nitrogens with zero attached hydrogens (tertiary/aromatic N) is 2. The number of benzene rings is 1. The third-order valence-corrected chi connectivity index (χ3v) is 7.29. The van der Waals surface area contributed by atoms with Crippen LogP contribution in [-0.2, 0) is 0 Å². The van der Waals surface area contributed by atoms with E-state index in [-0.39, 0.29) is 0 Å². The molecule has 2 aliphatic rings. The Morgan fingerprint density at radius 2 is 1.71 bits per heavy atom. The quantitative estimate of drug-likeness (QED) is 0.370. The average molecular weight is 434 g/mol. The van der Waals surface area contributed by atoms with Crippen molar-refractivity contribution >= 4 is 41.5 Å². The molecule has 3 aromatic rings. The van der Waals surface area contributed by atoms with Gasteiger partial charge in [0.15, 0.2) is 12.0 Å². The number of aldehydes is 1. The molecule has 7 heteroatoms. The van der Waals surface area contributed by atoms with Crippen LogP contribution in [0.2, 0.25) is 0 Å². The number of hydrogen-bond donors (Lipinski definition) is 0. The van der Waals surface area contributed by atoms with Gasteiger partial charge in [-0.25, -0.2) is 0 Å². The van der Waals surface area contributed by atoms with Crippen molar-refractivity contribution in [1.82, 2.24) is 4.48 Å². The highest BCUT2D eigenvalue weighted by molar-refractivity contribution is 7.15. The summed E-state index contributed by atoms with van der Waals surface area (Å²) < 4.78 is 34.7. The molecule has 2 aromatic heterocycles. The maximum Gasteiger partial charge on any atom is 0.737 e. The van der Waals surface area contributed by atoms with Gasteiger partial charge >= 0.3 is 6.97 Å². The molecule has 0 aliphatic carbocycles. The van der Waals surface area contributed by atoms with Gasteiger partial charge in [0, 0.05) is 23.1 Å². The first-order valence-electron chi connectivity index (χ1n) is 10.2. The van der Waals surface area contributed by atoms with Crippen molar-refractivity contribution in [3.8, 4) is 0 Å². The van der Waals surface area contributed by atoms with Crippen LogP contribution in [0.3, 0.4) is 0 Å². The molecule has 2 aliphatic heterocycles. The lowest BCUT2D eigenvalue weighted by molar-refractivity contribution is -0.363. The fourth-order valence-corrected chi connectivity index (χ4v) is 6.09. The zero-order chi connectivity index (χ0) is 22.1. The minimum absolute atomic E-state index is 0.515. The van der Waals surface area contributed by atoms with Crippen LogP contribution in [0.4, 0.5) is 8.63 Å². The number of aryl methyl sites for hydroxylation is 2. The number of hydrogen-bond acceptors (Lipinski definition) is 2. The van der Waals surface area contributed by atoms with E-state index in [9.17, 15) is 4.79 Å². The average Bonchev–Trinajstić information content (AvgIpc) is 3.39. The minimum atomic E-state index is -4.07. The van der Waals surface area contributed by atoms with Crippen molar-refractivity contribution in [2.24, 2.45) is 0 Å². The van der Waals surface area contributed by atoms with Gasteiger partial charge in [0.25, 0.3) is 0 Å². The van der Waals surface area contributed by atoms with Gasteiger partial charge in [0.05, 0.1) is 16.0 Å². The molecule has 0 fully saturated rings. The minimum Gasteiger partial charge on any atom is -0.393 e. The summed E-state index contributed by atoms with van der Waals surface area (Å²) in [5, 5.41) is 0. The third kappa shape index (κ3) is 2.62. The van der Waals surface area contributed by atoms with Crippen molar-refractivity contribution in [3.05, 3.63) is 92.1 Å². The number of carbonyl (C=O) groups excluding carboxylic acids is 1. The fourth-order valence-electron chi connectivity index (χ4n) is 5.11. The van der Waals surface area contributed by atoms with E-state index >= 15 is 8.63 Å². The summed E-state index contributed by atoms with van der Waals surface area (Å²) in [4.78, 5) is 12.6. The lowest BCUT2D eigenvalue weighted by Gasteiger charge is -2.34. The molecule has 5 rings (SSSR count). The van der Waals surface area contributed by atoms with Crippen LogP contribution in [0.5, 0.6) is 0 Å². The van der Waals surface area contributed by atoms with Crippen molar-refractivity contribution in [3.63, 3.8) is 0 Å². The molecule has 0 radical (unpaired) electrons. The number of halogens is 2. The number of carbonyl (C=O) groups is 1.